The van der Waals surface area contributed by atoms with E-state index in [1.807, 2.05) is 12.1 Å². The lowest BCUT2D eigenvalue weighted by molar-refractivity contribution is 0.0689. The van der Waals surface area contributed by atoms with Crippen molar-refractivity contribution >= 4 is 29.7 Å². The Kier molecular flexibility index (Phi) is 3.48. The van der Waals surface area contributed by atoms with Crippen molar-refractivity contribution in [1.29, 1.82) is 0 Å². The van der Waals surface area contributed by atoms with Crippen molar-refractivity contribution in [1.82, 2.24) is 4.98 Å². The minimum Gasteiger partial charge on any atom is -0.476 e. The Hall–Kier alpha value is -2.07. The van der Waals surface area contributed by atoms with Gasteiger partial charge in [-0.25, -0.2) is 9.78 Å². The topological polar surface area (TPSA) is 63.3 Å². The summed E-state index contributed by atoms with van der Waals surface area (Å²) in [7, 11) is 0. The highest BCUT2D eigenvalue weighted by Crippen LogP contribution is 2.15. The molecule has 1 aromatic heterocycles. The summed E-state index contributed by atoms with van der Waals surface area (Å²) in [6.07, 6.45) is 3.36. The van der Waals surface area contributed by atoms with E-state index in [9.17, 15) is 4.79 Å². The van der Waals surface area contributed by atoms with Gasteiger partial charge in [-0.05, 0) is 30.7 Å². The van der Waals surface area contributed by atoms with Crippen LogP contribution in [0.25, 0.3) is 12.2 Å². The van der Waals surface area contributed by atoms with Crippen LogP contribution in [0, 0.1) is 6.92 Å². The second-order valence-electron chi connectivity index (χ2n) is 3.65. The highest BCUT2D eigenvalue weighted by Gasteiger charge is 2.14. The molecule has 1 aromatic carbocycles. The molecule has 92 valence electrons. The second-order valence-corrected chi connectivity index (χ2v) is 4.09. The van der Waals surface area contributed by atoms with Crippen LogP contribution in [0.5, 0.6) is 0 Å². The summed E-state index contributed by atoms with van der Waals surface area (Å²) >= 11 is 5.85. The molecular formula is C13H10ClNO3. The normalized spacial score (nSPS) is 11.0. The van der Waals surface area contributed by atoms with E-state index in [1.165, 1.54) is 0 Å². The minimum absolute atomic E-state index is 0.0688. The number of aromatic nitrogens is 1. The summed E-state index contributed by atoms with van der Waals surface area (Å²) in [5.74, 6) is -0.559. The predicted octanol–water partition coefficient (Wildman–Crippen LogP) is 3.51. The number of carbonyl (C=O) groups is 1. The van der Waals surface area contributed by atoms with Crippen molar-refractivity contribution in [3.8, 4) is 0 Å². The molecule has 0 amide bonds. The van der Waals surface area contributed by atoms with Crippen LogP contribution < -0.4 is 0 Å². The van der Waals surface area contributed by atoms with Crippen LogP contribution in [-0.4, -0.2) is 16.1 Å². The maximum absolute atomic E-state index is 10.8. The van der Waals surface area contributed by atoms with Crippen molar-refractivity contribution in [2.75, 3.05) is 0 Å². The molecule has 5 heteroatoms. The summed E-state index contributed by atoms with van der Waals surface area (Å²) in [5.41, 5.74) is 0.816. The average Bonchev–Trinajstić information content (AvgIpc) is 2.68. The molecule has 0 fully saturated rings. The van der Waals surface area contributed by atoms with Gasteiger partial charge < -0.3 is 9.52 Å². The number of hydrogen-bond acceptors (Lipinski definition) is 3. The predicted molar refractivity (Wildman–Crippen MR) is 68.6 cm³/mol. The van der Waals surface area contributed by atoms with Crippen molar-refractivity contribution in [3.05, 3.63) is 52.2 Å². The molecular weight excluding hydrogens is 254 g/mol. The molecule has 0 aliphatic carbocycles. The molecule has 0 radical (unpaired) electrons. The molecule has 18 heavy (non-hydrogen) atoms. The van der Waals surface area contributed by atoms with Gasteiger partial charge in [0.1, 0.15) is 5.76 Å². The van der Waals surface area contributed by atoms with Crippen LogP contribution in [0.2, 0.25) is 5.02 Å². The van der Waals surface area contributed by atoms with E-state index in [-0.39, 0.29) is 17.3 Å². The van der Waals surface area contributed by atoms with Crippen LogP contribution >= 0.6 is 11.6 Å². The zero-order valence-corrected chi connectivity index (χ0v) is 10.3. The first-order valence-electron chi connectivity index (χ1n) is 5.20. The second kappa shape index (κ2) is 5.06. The third kappa shape index (κ3) is 2.78. The molecule has 0 unspecified atom stereocenters. The third-order valence-electron chi connectivity index (χ3n) is 2.28. The van der Waals surface area contributed by atoms with Gasteiger partial charge in [0.25, 0.3) is 0 Å². The smallest absolute Gasteiger partial charge is 0.358 e. The Labute approximate surface area is 109 Å². The minimum atomic E-state index is -1.10. The van der Waals surface area contributed by atoms with Gasteiger partial charge >= 0.3 is 5.97 Å². The Bertz CT molecular complexity index is 616. The van der Waals surface area contributed by atoms with Crippen LogP contribution in [0.4, 0.5) is 0 Å². The number of benzene rings is 1. The van der Waals surface area contributed by atoms with Crippen LogP contribution in [0.1, 0.15) is 27.7 Å². The van der Waals surface area contributed by atoms with E-state index in [4.69, 9.17) is 21.1 Å². The number of aromatic carboxylic acids is 1. The van der Waals surface area contributed by atoms with Crippen LogP contribution in [0.15, 0.2) is 28.7 Å². The summed E-state index contributed by atoms with van der Waals surface area (Å²) in [4.78, 5) is 14.7. The van der Waals surface area contributed by atoms with E-state index in [0.717, 1.165) is 5.56 Å². The first-order chi connectivity index (χ1) is 8.56. The molecule has 0 spiro atoms. The van der Waals surface area contributed by atoms with Gasteiger partial charge in [-0.1, -0.05) is 23.7 Å². The molecule has 0 aliphatic rings. The van der Waals surface area contributed by atoms with Gasteiger partial charge in [-0.3, -0.25) is 0 Å². The molecule has 0 bridgehead atoms. The highest BCUT2D eigenvalue weighted by molar-refractivity contribution is 6.30. The Morgan fingerprint density at radius 3 is 2.83 bits per heavy atom. The number of oxazole rings is 1. The molecule has 1 heterocycles. The summed E-state index contributed by atoms with van der Waals surface area (Å²) in [6, 6.07) is 7.25. The lowest BCUT2D eigenvalue weighted by atomic mass is 10.2. The van der Waals surface area contributed by atoms with Gasteiger partial charge in [0.2, 0.25) is 5.89 Å². The van der Waals surface area contributed by atoms with Crippen molar-refractivity contribution in [2.45, 2.75) is 6.92 Å². The van der Waals surface area contributed by atoms with Crippen LogP contribution in [0.3, 0.4) is 0 Å². The molecule has 2 rings (SSSR count). The number of halogens is 1. The van der Waals surface area contributed by atoms with Crippen molar-refractivity contribution < 1.29 is 14.3 Å². The van der Waals surface area contributed by atoms with Gasteiger partial charge in [0, 0.05) is 11.1 Å². The van der Waals surface area contributed by atoms with E-state index in [2.05, 4.69) is 4.98 Å². The number of carboxylic acid groups (broad SMARTS) is 1. The maximum Gasteiger partial charge on any atom is 0.358 e. The van der Waals surface area contributed by atoms with Gasteiger partial charge in [0.05, 0.1) is 0 Å². The Balaban J connectivity index is 2.24. The number of aryl methyl sites for hydroxylation is 1. The highest BCUT2D eigenvalue weighted by atomic mass is 35.5. The number of carboxylic acids is 1. The zero-order chi connectivity index (χ0) is 13.1. The molecule has 2 aromatic rings. The fraction of sp³-hybridized carbons (Fsp3) is 0.0769. The summed E-state index contributed by atoms with van der Waals surface area (Å²) < 4.78 is 5.22. The van der Waals surface area contributed by atoms with E-state index in [1.54, 1.807) is 31.2 Å². The third-order valence-corrected chi connectivity index (χ3v) is 2.52. The number of hydrogen-bond donors (Lipinski definition) is 1. The van der Waals surface area contributed by atoms with Crippen molar-refractivity contribution in [3.63, 3.8) is 0 Å². The zero-order valence-electron chi connectivity index (χ0n) is 9.55. The monoisotopic (exact) mass is 263 g/mol. The van der Waals surface area contributed by atoms with Gasteiger partial charge in [0.15, 0.2) is 5.69 Å². The first kappa shape index (κ1) is 12.4. The lowest BCUT2D eigenvalue weighted by Crippen LogP contribution is -1.98. The lowest BCUT2D eigenvalue weighted by Gasteiger charge is -1.92. The molecule has 4 nitrogen and oxygen atoms in total. The first-order valence-corrected chi connectivity index (χ1v) is 5.58. The Morgan fingerprint density at radius 2 is 2.22 bits per heavy atom. The van der Waals surface area contributed by atoms with Crippen LogP contribution in [-0.2, 0) is 0 Å². The van der Waals surface area contributed by atoms with Crippen molar-refractivity contribution in [2.24, 2.45) is 0 Å². The quantitative estimate of drug-likeness (QED) is 0.920. The molecule has 0 aliphatic heterocycles. The number of rotatable bonds is 3. The maximum atomic E-state index is 10.8. The summed E-state index contributed by atoms with van der Waals surface area (Å²) in [6.45, 7) is 1.56. The Morgan fingerprint density at radius 1 is 1.44 bits per heavy atom. The largest absolute Gasteiger partial charge is 0.476 e. The SMILES string of the molecule is Cc1oc(/C=C/c2cccc(Cl)c2)nc1C(=O)O. The van der Waals surface area contributed by atoms with Gasteiger partial charge in [-0.15, -0.1) is 0 Å². The summed E-state index contributed by atoms with van der Waals surface area (Å²) in [5, 5.41) is 9.47. The average molecular weight is 264 g/mol. The van der Waals surface area contributed by atoms with E-state index < -0.39 is 5.97 Å². The molecule has 0 saturated carbocycles. The fourth-order valence-corrected chi connectivity index (χ4v) is 1.66. The van der Waals surface area contributed by atoms with E-state index >= 15 is 0 Å². The molecule has 0 saturated heterocycles. The van der Waals surface area contributed by atoms with Gasteiger partial charge in [-0.2, -0.15) is 0 Å². The molecule has 1 N–H and O–H groups in total. The molecule has 0 atom stereocenters. The van der Waals surface area contributed by atoms with E-state index in [0.29, 0.717) is 5.02 Å². The fourth-order valence-electron chi connectivity index (χ4n) is 1.46. The standard InChI is InChI=1S/C13H10ClNO3/c1-8-12(13(16)17)15-11(18-8)6-5-9-3-2-4-10(14)7-9/h2-7H,1H3,(H,16,17)/b6-5+. The number of nitrogens with zero attached hydrogens (tertiary/aromatic N) is 1.